The van der Waals surface area contributed by atoms with E-state index >= 15 is 0 Å². The Labute approximate surface area is 187 Å². The molecule has 160 valence electrons. The predicted molar refractivity (Wildman–Crippen MR) is 124 cm³/mol. The minimum Gasteiger partial charge on any atom is -0.337 e. The number of rotatable bonds is 4. The molecule has 1 aliphatic rings. The first-order valence-electron chi connectivity index (χ1n) is 9.91. The van der Waals surface area contributed by atoms with Crippen LogP contribution in [0.1, 0.15) is 31.9 Å². The van der Waals surface area contributed by atoms with Gasteiger partial charge in [0.25, 0.3) is 0 Å². The van der Waals surface area contributed by atoms with Crippen molar-refractivity contribution in [3.63, 3.8) is 0 Å². The summed E-state index contributed by atoms with van der Waals surface area (Å²) in [5.74, 6) is -0.107. The molecule has 7 heteroatoms. The van der Waals surface area contributed by atoms with Crippen LogP contribution in [-0.2, 0) is 20.2 Å². The van der Waals surface area contributed by atoms with E-state index in [0.29, 0.717) is 31.1 Å². The van der Waals surface area contributed by atoms with E-state index in [2.05, 4.69) is 36.7 Å². The first-order chi connectivity index (χ1) is 14.1. The van der Waals surface area contributed by atoms with Gasteiger partial charge in [-0.3, -0.25) is 4.79 Å². The maximum Gasteiger partial charge on any atom is 0.246 e. The van der Waals surface area contributed by atoms with Gasteiger partial charge in [0.15, 0.2) is 0 Å². The van der Waals surface area contributed by atoms with Crippen molar-refractivity contribution >= 4 is 37.9 Å². The van der Waals surface area contributed by atoms with Crippen molar-refractivity contribution in [2.75, 3.05) is 26.2 Å². The number of piperazine rings is 1. The van der Waals surface area contributed by atoms with Crippen LogP contribution in [0.3, 0.4) is 0 Å². The van der Waals surface area contributed by atoms with Crippen molar-refractivity contribution < 1.29 is 13.2 Å². The van der Waals surface area contributed by atoms with E-state index in [1.54, 1.807) is 29.2 Å². The average Bonchev–Trinajstić information content (AvgIpc) is 2.72. The third-order valence-electron chi connectivity index (χ3n) is 5.20. The fourth-order valence-corrected chi connectivity index (χ4v) is 4.96. The highest BCUT2D eigenvalue weighted by atomic mass is 79.9. The molecule has 0 aromatic heterocycles. The van der Waals surface area contributed by atoms with Gasteiger partial charge in [-0.1, -0.05) is 61.0 Å². The van der Waals surface area contributed by atoms with Gasteiger partial charge in [-0.25, -0.2) is 8.42 Å². The summed E-state index contributed by atoms with van der Waals surface area (Å²) < 4.78 is 28.4. The van der Waals surface area contributed by atoms with Gasteiger partial charge in [0.2, 0.25) is 15.9 Å². The minimum absolute atomic E-state index is 0.0297. The number of carbonyl (C=O) groups is 1. The molecule has 0 bridgehead atoms. The van der Waals surface area contributed by atoms with Crippen LogP contribution in [0.2, 0.25) is 0 Å². The maximum atomic E-state index is 13.0. The number of sulfonamides is 1. The van der Waals surface area contributed by atoms with Gasteiger partial charge in [-0.05, 0) is 46.9 Å². The summed E-state index contributed by atoms with van der Waals surface area (Å²) in [6.07, 6.45) is 3.31. The Bertz CT molecular complexity index is 1020. The third-order valence-corrected chi connectivity index (χ3v) is 7.64. The van der Waals surface area contributed by atoms with Crippen LogP contribution in [0.25, 0.3) is 6.08 Å². The van der Waals surface area contributed by atoms with E-state index < -0.39 is 10.0 Å². The third kappa shape index (κ3) is 5.39. The Kier molecular flexibility index (Phi) is 6.84. The van der Waals surface area contributed by atoms with Crippen molar-refractivity contribution in [2.24, 2.45) is 0 Å². The lowest BCUT2D eigenvalue weighted by atomic mass is 9.87. The van der Waals surface area contributed by atoms with Crippen molar-refractivity contribution in [3.05, 3.63) is 70.2 Å². The zero-order valence-corrected chi connectivity index (χ0v) is 19.9. The lowest BCUT2D eigenvalue weighted by Gasteiger charge is -2.33. The largest absolute Gasteiger partial charge is 0.337 e. The fraction of sp³-hybridized carbons (Fsp3) is 0.348. The number of amides is 1. The highest BCUT2D eigenvalue weighted by molar-refractivity contribution is 9.10. The number of nitrogens with zero attached hydrogens (tertiary/aromatic N) is 2. The Morgan fingerprint density at radius 3 is 2.03 bits per heavy atom. The van der Waals surface area contributed by atoms with Crippen LogP contribution in [0.5, 0.6) is 0 Å². The Morgan fingerprint density at radius 2 is 1.50 bits per heavy atom. The summed E-state index contributed by atoms with van der Waals surface area (Å²) in [7, 11) is -3.56. The van der Waals surface area contributed by atoms with Gasteiger partial charge in [-0.15, -0.1) is 0 Å². The zero-order valence-electron chi connectivity index (χ0n) is 17.5. The molecule has 0 unspecified atom stereocenters. The first kappa shape index (κ1) is 22.7. The smallest absolute Gasteiger partial charge is 0.246 e. The van der Waals surface area contributed by atoms with E-state index in [-0.39, 0.29) is 11.3 Å². The minimum atomic E-state index is -3.56. The van der Waals surface area contributed by atoms with Gasteiger partial charge < -0.3 is 4.90 Å². The molecule has 30 heavy (non-hydrogen) atoms. The Balaban J connectivity index is 1.61. The molecule has 1 amide bonds. The SMILES string of the molecule is CC(C)(C)c1ccc(S(=O)(=O)N2CCN(C(=O)/C=C/c3ccc(Br)cc3)CC2)cc1. The molecule has 1 saturated heterocycles. The molecule has 1 aliphatic heterocycles. The molecule has 2 aromatic rings. The number of hydrogen-bond donors (Lipinski definition) is 0. The van der Waals surface area contributed by atoms with Crippen LogP contribution in [0.15, 0.2) is 64.0 Å². The molecule has 0 spiro atoms. The standard InChI is InChI=1S/C23H27BrN2O3S/c1-23(2,3)19-7-11-21(12-8-19)30(28,29)26-16-14-25(15-17-26)22(27)13-6-18-4-9-20(24)10-5-18/h4-13H,14-17H2,1-3H3/b13-6+. The molecule has 0 atom stereocenters. The van der Waals surface area contributed by atoms with Gasteiger partial charge in [-0.2, -0.15) is 4.31 Å². The lowest BCUT2D eigenvalue weighted by Crippen LogP contribution is -2.50. The topological polar surface area (TPSA) is 57.7 Å². The summed E-state index contributed by atoms with van der Waals surface area (Å²) >= 11 is 3.39. The molecule has 5 nitrogen and oxygen atoms in total. The Morgan fingerprint density at radius 1 is 0.933 bits per heavy atom. The number of benzene rings is 2. The average molecular weight is 491 g/mol. The van der Waals surface area contributed by atoms with Crippen molar-refractivity contribution in [3.8, 4) is 0 Å². The van der Waals surface area contributed by atoms with Crippen LogP contribution >= 0.6 is 15.9 Å². The molecule has 3 rings (SSSR count). The second kappa shape index (κ2) is 9.04. The molecule has 0 N–H and O–H groups in total. The molecule has 1 heterocycles. The highest BCUT2D eigenvalue weighted by Crippen LogP contribution is 2.25. The van der Waals surface area contributed by atoms with Gasteiger partial charge in [0.1, 0.15) is 0 Å². The maximum absolute atomic E-state index is 13.0. The first-order valence-corrected chi connectivity index (χ1v) is 12.1. The van der Waals surface area contributed by atoms with Crippen LogP contribution < -0.4 is 0 Å². The normalized spacial score (nSPS) is 16.2. The molecular formula is C23H27BrN2O3S. The molecule has 0 radical (unpaired) electrons. The molecule has 2 aromatic carbocycles. The van der Waals surface area contributed by atoms with Crippen molar-refractivity contribution in [2.45, 2.75) is 31.1 Å². The molecule has 0 saturated carbocycles. The second-order valence-electron chi connectivity index (χ2n) is 8.39. The lowest BCUT2D eigenvalue weighted by molar-refractivity contribution is -0.127. The zero-order chi connectivity index (χ0) is 21.9. The summed E-state index contributed by atoms with van der Waals surface area (Å²) in [6.45, 7) is 7.63. The highest BCUT2D eigenvalue weighted by Gasteiger charge is 2.29. The van der Waals surface area contributed by atoms with E-state index in [4.69, 9.17) is 0 Å². The van der Waals surface area contributed by atoms with Crippen LogP contribution in [0, 0.1) is 0 Å². The molecular weight excluding hydrogens is 464 g/mol. The molecule has 1 fully saturated rings. The monoisotopic (exact) mass is 490 g/mol. The predicted octanol–water partition coefficient (Wildman–Crippen LogP) is 4.29. The Hall–Kier alpha value is -1.96. The fourth-order valence-electron chi connectivity index (χ4n) is 3.27. The summed E-state index contributed by atoms with van der Waals surface area (Å²) in [4.78, 5) is 14.4. The summed E-state index contributed by atoms with van der Waals surface area (Å²) in [5.41, 5.74) is 2.00. The van der Waals surface area contributed by atoms with E-state index in [9.17, 15) is 13.2 Å². The van der Waals surface area contributed by atoms with E-state index in [1.165, 1.54) is 4.31 Å². The summed E-state index contributed by atoms with van der Waals surface area (Å²) in [5, 5.41) is 0. The quantitative estimate of drug-likeness (QED) is 0.600. The van der Waals surface area contributed by atoms with Gasteiger partial charge in [0.05, 0.1) is 4.90 Å². The van der Waals surface area contributed by atoms with Crippen LogP contribution in [-0.4, -0.2) is 49.7 Å². The molecule has 0 aliphatic carbocycles. The second-order valence-corrected chi connectivity index (χ2v) is 11.2. The number of hydrogen-bond acceptors (Lipinski definition) is 3. The van der Waals surface area contributed by atoms with Gasteiger partial charge in [0, 0.05) is 36.7 Å². The number of carbonyl (C=O) groups excluding carboxylic acids is 1. The summed E-state index contributed by atoms with van der Waals surface area (Å²) in [6, 6.07) is 14.8. The van der Waals surface area contributed by atoms with E-state index in [1.807, 2.05) is 36.4 Å². The van der Waals surface area contributed by atoms with Gasteiger partial charge >= 0.3 is 0 Å². The van der Waals surface area contributed by atoms with Crippen LogP contribution in [0.4, 0.5) is 0 Å². The van der Waals surface area contributed by atoms with E-state index in [0.717, 1.165) is 15.6 Å². The van der Waals surface area contributed by atoms with Crippen molar-refractivity contribution in [1.82, 2.24) is 9.21 Å². The number of halogens is 1. The van der Waals surface area contributed by atoms with Crippen molar-refractivity contribution in [1.29, 1.82) is 0 Å².